The molecule has 1 aromatic carbocycles. The molecule has 2 atom stereocenters. The van der Waals surface area contributed by atoms with Crippen LogP contribution in [0.4, 0.5) is 10.5 Å². The van der Waals surface area contributed by atoms with Gasteiger partial charge in [-0.25, -0.2) is 19.6 Å². The van der Waals surface area contributed by atoms with Crippen molar-refractivity contribution in [2.75, 3.05) is 25.0 Å². The van der Waals surface area contributed by atoms with Gasteiger partial charge in [-0.1, -0.05) is 26.3 Å². The van der Waals surface area contributed by atoms with Gasteiger partial charge >= 0.3 is 12.0 Å². The van der Waals surface area contributed by atoms with Crippen LogP contribution in [0.15, 0.2) is 24.3 Å². The molecule has 0 bridgehead atoms. The number of hydrogen-bond donors (Lipinski definition) is 2. The Bertz CT molecular complexity index is 694. The summed E-state index contributed by atoms with van der Waals surface area (Å²) in [6.07, 6.45) is 1.48. The molecule has 27 heavy (non-hydrogen) atoms. The number of benzene rings is 1. The van der Waals surface area contributed by atoms with E-state index in [4.69, 9.17) is 10.5 Å². The number of amides is 3. The van der Waals surface area contributed by atoms with E-state index in [1.54, 1.807) is 31.2 Å². The molecular formula is C19H28N4O4. The third-order valence-corrected chi connectivity index (χ3v) is 4.69. The van der Waals surface area contributed by atoms with Crippen LogP contribution in [0.3, 0.4) is 0 Å². The molecule has 1 fully saturated rings. The van der Waals surface area contributed by atoms with Crippen molar-refractivity contribution in [3.05, 3.63) is 29.8 Å². The number of urea groups is 1. The van der Waals surface area contributed by atoms with E-state index in [1.165, 1.54) is 10.0 Å². The summed E-state index contributed by atoms with van der Waals surface area (Å²) in [5, 5.41) is 5.53. The lowest BCUT2D eigenvalue weighted by Gasteiger charge is -2.31. The fourth-order valence-electron chi connectivity index (χ4n) is 2.85. The quantitative estimate of drug-likeness (QED) is 0.741. The molecular weight excluding hydrogens is 348 g/mol. The van der Waals surface area contributed by atoms with Crippen molar-refractivity contribution in [2.45, 2.75) is 39.7 Å². The molecule has 0 spiro atoms. The second-order valence-corrected chi connectivity index (χ2v) is 6.58. The minimum absolute atomic E-state index is 0.0317. The predicted octanol–water partition coefficient (Wildman–Crippen LogP) is 2.22. The number of esters is 1. The maximum absolute atomic E-state index is 12.7. The summed E-state index contributed by atoms with van der Waals surface area (Å²) in [5.74, 6) is -0.673. The highest BCUT2D eigenvalue weighted by Gasteiger charge is 2.34. The molecule has 0 aromatic heterocycles. The van der Waals surface area contributed by atoms with E-state index in [9.17, 15) is 14.4 Å². The lowest BCUT2D eigenvalue weighted by Crippen LogP contribution is -2.53. The van der Waals surface area contributed by atoms with E-state index in [2.05, 4.69) is 5.32 Å². The van der Waals surface area contributed by atoms with E-state index in [0.717, 1.165) is 6.42 Å². The van der Waals surface area contributed by atoms with Crippen molar-refractivity contribution in [2.24, 2.45) is 11.7 Å². The van der Waals surface area contributed by atoms with Gasteiger partial charge in [0, 0.05) is 18.8 Å². The van der Waals surface area contributed by atoms with Crippen molar-refractivity contribution in [1.82, 2.24) is 10.0 Å². The largest absolute Gasteiger partial charge is 0.462 e. The second-order valence-electron chi connectivity index (χ2n) is 6.58. The number of nitrogens with zero attached hydrogens (tertiary/aromatic N) is 2. The van der Waals surface area contributed by atoms with Crippen molar-refractivity contribution >= 4 is 23.6 Å². The van der Waals surface area contributed by atoms with Gasteiger partial charge in [0.15, 0.2) is 0 Å². The molecule has 1 unspecified atom stereocenters. The van der Waals surface area contributed by atoms with Crippen LogP contribution in [0, 0.1) is 5.92 Å². The number of carbonyl (C=O) groups is 3. The Hall–Kier alpha value is -2.61. The van der Waals surface area contributed by atoms with Gasteiger partial charge in [-0.3, -0.25) is 4.79 Å². The monoisotopic (exact) mass is 376 g/mol. The SMILES string of the molecule is CCOC(=O)c1cccc(NC(=O)N2CCCN2C(=O)[C@@H](N)C(C)CC)c1. The maximum atomic E-state index is 12.7. The minimum atomic E-state index is -0.643. The van der Waals surface area contributed by atoms with Crippen molar-refractivity contribution in [3.8, 4) is 0 Å². The lowest BCUT2D eigenvalue weighted by molar-refractivity contribution is -0.142. The Morgan fingerprint density at radius 2 is 1.93 bits per heavy atom. The fourth-order valence-corrected chi connectivity index (χ4v) is 2.85. The Balaban J connectivity index is 2.07. The molecule has 8 heteroatoms. The number of nitrogens with two attached hydrogens (primary N) is 1. The summed E-state index contributed by atoms with van der Waals surface area (Å²) in [6, 6.07) is 5.42. The molecule has 8 nitrogen and oxygen atoms in total. The number of hydrogen-bond acceptors (Lipinski definition) is 5. The average molecular weight is 376 g/mol. The molecule has 1 heterocycles. The summed E-state index contributed by atoms with van der Waals surface area (Å²) in [5.41, 5.74) is 6.85. The fraction of sp³-hybridized carbons (Fsp3) is 0.526. The van der Waals surface area contributed by atoms with E-state index >= 15 is 0 Å². The van der Waals surface area contributed by atoms with Crippen LogP contribution in [-0.4, -0.2) is 53.7 Å². The van der Waals surface area contributed by atoms with Crippen LogP contribution in [0.25, 0.3) is 0 Å². The normalized spacial score (nSPS) is 16.0. The molecule has 0 radical (unpaired) electrons. The summed E-state index contributed by atoms with van der Waals surface area (Å²) >= 11 is 0. The summed E-state index contributed by atoms with van der Waals surface area (Å²) in [6.45, 7) is 6.79. The summed E-state index contributed by atoms with van der Waals surface area (Å²) < 4.78 is 4.97. The summed E-state index contributed by atoms with van der Waals surface area (Å²) in [4.78, 5) is 37.1. The van der Waals surface area contributed by atoms with Crippen LogP contribution in [-0.2, 0) is 9.53 Å². The topological polar surface area (TPSA) is 105 Å². The average Bonchev–Trinajstić information content (AvgIpc) is 3.16. The molecule has 1 aromatic rings. The molecule has 3 N–H and O–H groups in total. The first-order valence-corrected chi connectivity index (χ1v) is 9.31. The van der Waals surface area contributed by atoms with Gasteiger partial charge in [0.05, 0.1) is 18.2 Å². The van der Waals surface area contributed by atoms with E-state index < -0.39 is 18.0 Å². The Labute approximate surface area is 159 Å². The number of ether oxygens (including phenoxy) is 1. The van der Waals surface area contributed by atoms with Gasteiger partial charge in [0.2, 0.25) is 0 Å². The first-order valence-electron chi connectivity index (χ1n) is 9.31. The third kappa shape index (κ3) is 4.97. The Kier molecular flexibility index (Phi) is 7.18. The minimum Gasteiger partial charge on any atom is -0.462 e. The third-order valence-electron chi connectivity index (χ3n) is 4.69. The standard InChI is InChI=1S/C19H28N4O4/c1-4-13(3)16(20)17(24)22-10-7-11-23(22)19(26)21-15-9-6-8-14(12-15)18(25)27-5-2/h6,8-9,12-13,16H,4-5,7,10-11,20H2,1-3H3,(H,21,26)/t13?,16-/m0/s1. The van der Waals surface area contributed by atoms with Gasteiger partial charge in [-0.15, -0.1) is 0 Å². The van der Waals surface area contributed by atoms with E-state index in [-0.39, 0.29) is 18.4 Å². The first kappa shape index (κ1) is 20.7. The highest BCUT2D eigenvalue weighted by atomic mass is 16.5. The van der Waals surface area contributed by atoms with Gasteiger partial charge < -0.3 is 15.8 Å². The molecule has 0 saturated carbocycles. The van der Waals surface area contributed by atoms with Crippen molar-refractivity contribution in [1.29, 1.82) is 0 Å². The van der Waals surface area contributed by atoms with Crippen LogP contribution < -0.4 is 11.1 Å². The number of hydrazine groups is 1. The van der Waals surface area contributed by atoms with Crippen LogP contribution in [0.5, 0.6) is 0 Å². The number of rotatable bonds is 6. The zero-order valence-electron chi connectivity index (χ0n) is 16.1. The van der Waals surface area contributed by atoms with Gasteiger partial charge in [-0.2, -0.15) is 0 Å². The smallest absolute Gasteiger partial charge is 0.340 e. The Morgan fingerprint density at radius 3 is 2.59 bits per heavy atom. The van der Waals surface area contributed by atoms with Crippen LogP contribution >= 0.6 is 0 Å². The molecule has 0 aliphatic carbocycles. The number of nitrogens with one attached hydrogen (secondary N) is 1. The molecule has 1 saturated heterocycles. The number of carbonyl (C=O) groups excluding carboxylic acids is 3. The molecule has 2 rings (SSSR count). The zero-order chi connectivity index (χ0) is 20.0. The van der Waals surface area contributed by atoms with Crippen molar-refractivity contribution < 1.29 is 19.1 Å². The highest BCUT2D eigenvalue weighted by molar-refractivity contribution is 5.95. The molecule has 148 valence electrons. The molecule has 1 aliphatic rings. The van der Waals surface area contributed by atoms with E-state index in [0.29, 0.717) is 30.8 Å². The number of anilines is 1. The zero-order valence-corrected chi connectivity index (χ0v) is 16.1. The van der Waals surface area contributed by atoms with Gasteiger partial charge in [0.1, 0.15) is 0 Å². The van der Waals surface area contributed by atoms with Crippen molar-refractivity contribution in [3.63, 3.8) is 0 Å². The van der Waals surface area contributed by atoms with E-state index in [1.807, 2.05) is 13.8 Å². The van der Waals surface area contributed by atoms with Gasteiger partial charge in [-0.05, 0) is 37.5 Å². The molecule has 1 aliphatic heterocycles. The summed E-state index contributed by atoms with van der Waals surface area (Å²) in [7, 11) is 0. The maximum Gasteiger partial charge on any atom is 0.340 e. The first-order chi connectivity index (χ1) is 12.9. The van der Waals surface area contributed by atoms with Crippen LogP contribution in [0.2, 0.25) is 0 Å². The second kappa shape index (κ2) is 9.36. The molecule has 3 amide bonds. The predicted molar refractivity (Wildman–Crippen MR) is 102 cm³/mol. The van der Waals surface area contributed by atoms with Crippen LogP contribution in [0.1, 0.15) is 44.0 Å². The lowest BCUT2D eigenvalue weighted by atomic mass is 9.99. The van der Waals surface area contributed by atoms with Gasteiger partial charge in [0.25, 0.3) is 5.91 Å². The Morgan fingerprint density at radius 1 is 1.22 bits per heavy atom. The highest BCUT2D eigenvalue weighted by Crippen LogP contribution is 2.18.